The molecule has 0 spiro atoms. The molecular formula is C18H15ClN2O2S. The molecule has 2 aromatic heterocycles. The van der Waals surface area contributed by atoms with Gasteiger partial charge in [-0.25, -0.2) is 4.98 Å². The van der Waals surface area contributed by atoms with Gasteiger partial charge in [0.1, 0.15) is 18.2 Å². The van der Waals surface area contributed by atoms with E-state index in [0.717, 1.165) is 16.9 Å². The van der Waals surface area contributed by atoms with Crippen LogP contribution in [0.15, 0.2) is 54.0 Å². The van der Waals surface area contributed by atoms with E-state index in [1.165, 1.54) is 11.3 Å². The predicted octanol–water partition coefficient (Wildman–Crippen LogP) is 4.94. The highest BCUT2D eigenvalue weighted by Crippen LogP contribution is 2.23. The van der Waals surface area contributed by atoms with Crippen LogP contribution in [0.3, 0.4) is 0 Å². The first-order valence-electron chi connectivity index (χ1n) is 7.30. The lowest BCUT2D eigenvalue weighted by Gasteiger charge is -2.06. The van der Waals surface area contributed by atoms with Crippen LogP contribution in [0.25, 0.3) is 0 Å². The Kier molecular flexibility index (Phi) is 5.13. The van der Waals surface area contributed by atoms with Gasteiger partial charge in [0.25, 0.3) is 5.91 Å². The largest absolute Gasteiger partial charge is 0.489 e. The zero-order valence-corrected chi connectivity index (χ0v) is 14.5. The number of carbonyl (C=O) groups excluding carboxylic acids is 1. The SMILES string of the molecule is Cc1cc(OCc2csc(C(=O)Nc3ccccn3)c2)ccc1Cl. The molecule has 0 radical (unpaired) electrons. The molecule has 0 saturated carbocycles. The van der Waals surface area contributed by atoms with E-state index in [1.54, 1.807) is 18.3 Å². The van der Waals surface area contributed by atoms with Gasteiger partial charge in [-0.05, 0) is 54.3 Å². The summed E-state index contributed by atoms with van der Waals surface area (Å²) in [5.41, 5.74) is 1.91. The lowest BCUT2D eigenvalue weighted by atomic mass is 10.2. The predicted molar refractivity (Wildman–Crippen MR) is 97.0 cm³/mol. The van der Waals surface area contributed by atoms with Crippen LogP contribution in [-0.2, 0) is 6.61 Å². The molecule has 0 atom stereocenters. The van der Waals surface area contributed by atoms with Crippen molar-refractivity contribution >= 4 is 34.7 Å². The number of anilines is 1. The van der Waals surface area contributed by atoms with Gasteiger partial charge in [-0.2, -0.15) is 0 Å². The fourth-order valence-electron chi connectivity index (χ4n) is 2.06. The summed E-state index contributed by atoms with van der Waals surface area (Å²) in [5, 5.41) is 5.39. The maximum absolute atomic E-state index is 12.2. The third-order valence-corrected chi connectivity index (χ3v) is 4.72. The van der Waals surface area contributed by atoms with Gasteiger partial charge in [0.2, 0.25) is 0 Å². The number of hydrogen-bond acceptors (Lipinski definition) is 4. The number of benzene rings is 1. The number of rotatable bonds is 5. The highest BCUT2D eigenvalue weighted by molar-refractivity contribution is 7.12. The fourth-order valence-corrected chi connectivity index (χ4v) is 2.97. The second-order valence-electron chi connectivity index (χ2n) is 5.19. The summed E-state index contributed by atoms with van der Waals surface area (Å²) in [7, 11) is 0. The number of aryl methyl sites for hydroxylation is 1. The number of ether oxygens (including phenoxy) is 1. The quantitative estimate of drug-likeness (QED) is 0.703. The molecule has 24 heavy (non-hydrogen) atoms. The van der Waals surface area contributed by atoms with Crippen molar-refractivity contribution in [2.24, 2.45) is 0 Å². The molecule has 2 heterocycles. The molecule has 0 fully saturated rings. The summed E-state index contributed by atoms with van der Waals surface area (Å²) >= 11 is 7.38. The Morgan fingerprint density at radius 2 is 2.17 bits per heavy atom. The van der Waals surface area contributed by atoms with Crippen LogP contribution in [0.1, 0.15) is 20.8 Å². The van der Waals surface area contributed by atoms with E-state index in [2.05, 4.69) is 10.3 Å². The smallest absolute Gasteiger partial charge is 0.266 e. The van der Waals surface area contributed by atoms with Crippen molar-refractivity contribution in [3.05, 3.63) is 75.1 Å². The number of hydrogen-bond donors (Lipinski definition) is 1. The van der Waals surface area contributed by atoms with Crippen molar-refractivity contribution in [1.82, 2.24) is 4.98 Å². The van der Waals surface area contributed by atoms with Gasteiger partial charge < -0.3 is 10.1 Å². The molecule has 0 unspecified atom stereocenters. The number of carbonyl (C=O) groups is 1. The third kappa shape index (κ3) is 4.13. The van der Waals surface area contributed by atoms with Crippen molar-refractivity contribution < 1.29 is 9.53 Å². The Balaban J connectivity index is 1.60. The molecule has 1 aromatic carbocycles. The number of thiophene rings is 1. The van der Waals surface area contributed by atoms with Crippen molar-refractivity contribution in [2.75, 3.05) is 5.32 Å². The number of nitrogens with one attached hydrogen (secondary N) is 1. The summed E-state index contributed by atoms with van der Waals surface area (Å²) in [6.07, 6.45) is 1.64. The molecular weight excluding hydrogens is 344 g/mol. The van der Waals surface area contributed by atoms with Gasteiger partial charge in [0.05, 0.1) is 4.88 Å². The molecule has 6 heteroatoms. The average Bonchev–Trinajstić information content (AvgIpc) is 3.06. The van der Waals surface area contributed by atoms with Gasteiger partial charge in [-0.3, -0.25) is 4.79 Å². The van der Waals surface area contributed by atoms with Crippen LogP contribution < -0.4 is 10.1 Å². The van der Waals surface area contributed by atoms with E-state index in [9.17, 15) is 4.79 Å². The molecule has 122 valence electrons. The lowest BCUT2D eigenvalue weighted by molar-refractivity contribution is 0.103. The van der Waals surface area contributed by atoms with E-state index < -0.39 is 0 Å². The molecule has 0 aliphatic rings. The zero-order chi connectivity index (χ0) is 16.9. The van der Waals surface area contributed by atoms with Gasteiger partial charge in [0.15, 0.2) is 0 Å². The summed E-state index contributed by atoms with van der Waals surface area (Å²) in [6, 6.07) is 12.7. The summed E-state index contributed by atoms with van der Waals surface area (Å²) in [4.78, 5) is 16.9. The van der Waals surface area contributed by atoms with Crippen LogP contribution in [0.2, 0.25) is 5.02 Å². The number of amides is 1. The van der Waals surface area contributed by atoms with Crippen molar-refractivity contribution in [1.29, 1.82) is 0 Å². The first-order chi connectivity index (χ1) is 11.6. The van der Waals surface area contributed by atoms with Crippen LogP contribution in [0.4, 0.5) is 5.82 Å². The topological polar surface area (TPSA) is 51.2 Å². The Morgan fingerprint density at radius 3 is 2.92 bits per heavy atom. The molecule has 1 N–H and O–H groups in total. The van der Waals surface area contributed by atoms with E-state index in [1.807, 2.05) is 42.6 Å². The molecule has 3 aromatic rings. The van der Waals surface area contributed by atoms with Gasteiger partial charge in [-0.15, -0.1) is 11.3 Å². The second-order valence-corrected chi connectivity index (χ2v) is 6.51. The minimum atomic E-state index is -0.174. The number of nitrogens with zero attached hydrogens (tertiary/aromatic N) is 1. The molecule has 0 aliphatic carbocycles. The normalized spacial score (nSPS) is 10.4. The molecule has 0 saturated heterocycles. The lowest BCUT2D eigenvalue weighted by Crippen LogP contribution is -2.11. The van der Waals surface area contributed by atoms with E-state index >= 15 is 0 Å². The first kappa shape index (κ1) is 16.5. The van der Waals surface area contributed by atoms with Gasteiger partial charge in [-0.1, -0.05) is 17.7 Å². The molecule has 0 aliphatic heterocycles. The Morgan fingerprint density at radius 1 is 1.29 bits per heavy atom. The van der Waals surface area contributed by atoms with Crippen molar-refractivity contribution in [3.63, 3.8) is 0 Å². The fraction of sp³-hybridized carbons (Fsp3) is 0.111. The molecule has 1 amide bonds. The van der Waals surface area contributed by atoms with Crippen LogP contribution in [0, 0.1) is 6.92 Å². The Labute approximate surface area is 149 Å². The number of halogens is 1. The maximum Gasteiger partial charge on any atom is 0.266 e. The molecule has 4 nitrogen and oxygen atoms in total. The highest BCUT2D eigenvalue weighted by Gasteiger charge is 2.10. The monoisotopic (exact) mass is 358 g/mol. The van der Waals surface area contributed by atoms with Gasteiger partial charge >= 0.3 is 0 Å². The number of aromatic nitrogens is 1. The molecule has 0 bridgehead atoms. The van der Waals surface area contributed by atoms with E-state index in [4.69, 9.17) is 16.3 Å². The van der Waals surface area contributed by atoms with Crippen LogP contribution in [0.5, 0.6) is 5.75 Å². The first-order valence-corrected chi connectivity index (χ1v) is 8.56. The summed E-state index contributed by atoms with van der Waals surface area (Å²) in [5.74, 6) is 1.11. The zero-order valence-electron chi connectivity index (χ0n) is 13.0. The second kappa shape index (κ2) is 7.47. The standard InChI is InChI=1S/C18H15ClN2O2S/c1-12-8-14(5-6-15(12)19)23-10-13-9-16(24-11-13)18(22)21-17-4-2-3-7-20-17/h2-9,11H,10H2,1H3,(H,20,21,22). The van der Waals surface area contributed by atoms with E-state index in [0.29, 0.717) is 22.3 Å². The summed E-state index contributed by atoms with van der Waals surface area (Å²) < 4.78 is 5.74. The van der Waals surface area contributed by atoms with Crippen LogP contribution >= 0.6 is 22.9 Å². The molecule has 3 rings (SSSR count). The minimum absolute atomic E-state index is 0.174. The summed E-state index contributed by atoms with van der Waals surface area (Å²) in [6.45, 7) is 2.33. The van der Waals surface area contributed by atoms with Crippen molar-refractivity contribution in [2.45, 2.75) is 13.5 Å². The Bertz CT molecular complexity index is 849. The van der Waals surface area contributed by atoms with Crippen molar-refractivity contribution in [3.8, 4) is 5.75 Å². The third-order valence-electron chi connectivity index (χ3n) is 3.32. The van der Waals surface area contributed by atoms with Crippen LogP contribution in [-0.4, -0.2) is 10.9 Å². The minimum Gasteiger partial charge on any atom is -0.489 e. The number of pyridine rings is 1. The highest BCUT2D eigenvalue weighted by atomic mass is 35.5. The Hall–Kier alpha value is -2.37. The maximum atomic E-state index is 12.2. The van der Waals surface area contributed by atoms with Gasteiger partial charge in [0, 0.05) is 16.8 Å². The average molecular weight is 359 g/mol. The van der Waals surface area contributed by atoms with E-state index in [-0.39, 0.29) is 5.91 Å².